The van der Waals surface area contributed by atoms with Gasteiger partial charge in [-0.25, -0.2) is 4.39 Å². The molecule has 160 valence electrons. The van der Waals surface area contributed by atoms with Crippen LogP contribution in [0.1, 0.15) is 29.9 Å². The zero-order chi connectivity index (χ0) is 22.3. The number of ether oxygens (including phenoxy) is 1. The van der Waals surface area contributed by atoms with E-state index >= 15 is 0 Å². The van der Waals surface area contributed by atoms with E-state index < -0.39 is 0 Å². The minimum Gasteiger partial charge on any atom is -0.490 e. The largest absolute Gasteiger partial charge is 0.490 e. The highest BCUT2D eigenvalue weighted by Gasteiger charge is 2.24. The quantitative estimate of drug-likeness (QED) is 0.487. The van der Waals surface area contributed by atoms with E-state index in [2.05, 4.69) is 10.4 Å². The zero-order valence-electron chi connectivity index (χ0n) is 18.1. The van der Waals surface area contributed by atoms with Crippen LogP contribution < -0.4 is 10.1 Å². The number of fused-ring (bicyclic) bond motifs is 1. The van der Waals surface area contributed by atoms with Crippen LogP contribution in [0.5, 0.6) is 5.75 Å². The molecule has 4 rings (SSSR count). The van der Waals surface area contributed by atoms with Crippen molar-refractivity contribution in [2.24, 2.45) is 7.05 Å². The summed E-state index contributed by atoms with van der Waals surface area (Å²) < 4.78 is 27.5. The van der Waals surface area contributed by atoms with Crippen LogP contribution in [0.25, 0.3) is 33.6 Å². The number of hydrogen-bond acceptors (Lipinski definition) is 4. The number of rotatable bonds is 5. The van der Waals surface area contributed by atoms with E-state index in [1.807, 2.05) is 46.0 Å². The van der Waals surface area contributed by atoms with E-state index in [9.17, 15) is 9.18 Å². The van der Waals surface area contributed by atoms with Crippen LogP contribution >= 0.6 is 0 Å². The molecule has 2 heterocycles. The van der Waals surface area contributed by atoms with Crippen LogP contribution in [0.2, 0.25) is 0 Å². The minimum absolute atomic E-state index is 0.0760. The highest BCUT2D eigenvalue weighted by molar-refractivity contribution is 6.12. The maximum Gasteiger partial charge on any atom is 0.255 e. The smallest absolute Gasteiger partial charge is 0.255 e. The molecule has 0 saturated heterocycles. The molecule has 2 aromatic heterocycles. The number of furan rings is 1. The Kier molecular flexibility index (Phi) is 5.27. The van der Waals surface area contributed by atoms with Gasteiger partial charge in [0.05, 0.1) is 17.4 Å². The van der Waals surface area contributed by atoms with E-state index in [4.69, 9.17) is 9.15 Å². The normalized spacial score (nSPS) is 11.3. The Hall–Kier alpha value is -3.61. The van der Waals surface area contributed by atoms with E-state index in [-0.39, 0.29) is 17.8 Å². The lowest BCUT2D eigenvalue weighted by atomic mass is 10.0. The Morgan fingerprint density at radius 1 is 1.19 bits per heavy atom. The summed E-state index contributed by atoms with van der Waals surface area (Å²) in [5.41, 5.74) is 4.03. The molecule has 0 fully saturated rings. The van der Waals surface area contributed by atoms with Crippen LogP contribution in [0.3, 0.4) is 0 Å². The van der Waals surface area contributed by atoms with Gasteiger partial charge in [-0.2, -0.15) is 5.10 Å². The minimum atomic E-state index is -0.359. The molecule has 31 heavy (non-hydrogen) atoms. The van der Waals surface area contributed by atoms with E-state index in [1.165, 1.54) is 12.1 Å². The molecule has 0 spiro atoms. The third-order valence-electron chi connectivity index (χ3n) is 5.10. The molecule has 2 aromatic carbocycles. The predicted molar refractivity (Wildman–Crippen MR) is 118 cm³/mol. The van der Waals surface area contributed by atoms with Gasteiger partial charge in [0.15, 0.2) is 0 Å². The molecule has 1 amide bonds. The van der Waals surface area contributed by atoms with Crippen molar-refractivity contribution in [1.29, 1.82) is 0 Å². The average molecular weight is 421 g/mol. The maximum absolute atomic E-state index is 13.4. The molecule has 4 aromatic rings. The van der Waals surface area contributed by atoms with Crippen LogP contribution in [0, 0.1) is 12.7 Å². The van der Waals surface area contributed by atoms with Crippen LogP contribution in [-0.2, 0) is 7.05 Å². The molecule has 6 nitrogen and oxygen atoms in total. The van der Waals surface area contributed by atoms with Crippen molar-refractivity contribution >= 4 is 16.9 Å². The Morgan fingerprint density at radius 3 is 2.48 bits per heavy atom. The summed E-state index contributed by atoms with van der Waals surface area (Å²) in [6.07, 6.45) is -0.0760. The van der Waals surface area contributed by atoms with Gasteiger partial charge < -0.3 is 14.5 Å². The summed E-state index contributed by atoms with van der Waals surface area (Å²) in [6.45, 7) is 5.86. The zero-order valence-corrected chi connectivity index (χ0v) is 18.1. The van der Waals surface area contributed by atoms with E-state index in [0.29, 0.717) is 33.6 Å². The highest BCUT2D eigenvalue weighted by atomic mass is 19.1. The van der Waals surface area contributed by atoms with Gasteiger partial charge >= 0.3 is 0 Å². The second kappa shape index (κ2) is 7.91. The fraction of sp³-hybridized carbons (Fsp3) is 0.250. The number of nitrogens with one attached hydrogen (secondary N) is 1. The first kappa shape index (κ1) is 20.7. The number of halogens is 1. The summed E-state index contributed by atoms with van der Waals surface area (Å²) in [6, 6.07) is 11.5. The van der Waals surface area contributed by atoms with Crippen LogP contribution in [0.4, 0.5) is 4.39 Å². The lowest BCUT2D eigenvalue weighted by molar-refractivity contribution is 0.0964. The molecule has 0 aliphatic carbocycles. The van der Waals surface area contributed by atoms with Crippen molar-refractivity contribution in [3.8, 4) is 28.3 Å². The Morgan fingerprint density at radius 2 is 1.90 bits per heavy atom. The summed E-state index contributed by atoms with van der Waals surface area (Å²) in [7, 11) is 3.44. The first-order valence-electron chi connectivity index (χ1n) is 10.0. The van der Waals surface area contributed by atoms with Crippen LogP contribution in [0.15, 0.2) is 46.9 Å². The molecular formula is C24H24FN3O3. The van der Waals surface area contributed by atoms with Gasteiger partial charge in [0.2, 0.25) is 0 Å². The number of hydrogen-bond donors (Lipinski definition) is 1. The number of carbonyl (C=O) groups excluding carboxylic acids is 1. The van der Waals surface area contributed by atoms with Crippen molar-refractivity contribution in [1.82, 2.24) is 15.1 Å². The predicted octanol–water partition coefficient (Wildman–Crippen LogP) is 5.09. The molecule has 0 unspecified atom stereocenters. The van der Waals surface area contributed by atoms with Crippen molar-refractivity contribution in [3.05, 3.63) is 59.5 Å². The summed E-state index contributed by atoms with van der Waals surface area (Å²) in [5, 5.41) is 7.86. The van der Waals surface area contributed by atoms with Gasteiger partial charge in [0.25, 0.3) is 5.91 Å². The third-order valence-corrected chi connectivity index (χ3v) is 5.10. The Balaban J connectivity index is 2.01. The number of nitrogens with zero attached hydrogens (tertiary/aromatic N) is 2. The lowest BCUT2D eigenvalue weighted by Gasteiger charge is -2.13. The highest BCUT2D eigenvalue weighted by Crippen LogP contribution is 2.40. The first-order chi connectivity index (χ1) is 14.8. The molecule has 0 saturated carbocycles. The fourth-order valence-electron chi connectivity index (χ4n) is 3.52. The van der Waals surface area contributed by atoms with Crippen molar-refractivity contribution in [2.75, 3.05) is 7.05 Å². The number of amides is 1. The van der Waals surface area contributed by atoms with Crippen molar-refractivity contribution in [3.63, 3.8) is 0 Å². The van der Waals surface area contributed by atoms with Crippen molar-refractivity contribution in [2.45, 2.75) is 26.9 Å². The number of aromatic nitrogens is 2. The molecule has 0 radical (unpaired) electrons. The van der Waals surface area contributed by atoms with Gasteiger partial charge in [-0.05, 0) is 63.2 Å². The SMILES string of the molecule is CNC(=O)c1c(-c2ccc(F)cc2)oc2cc(-c3cc(C)n(C)n3)c(OC(C)C)cc12. The Bertz CT molecular complexity index is 1250. The second-order valence-electron chi connectivity index (χ2n) is 7.70. The van der Waals surface area contributed by atoms with Crippen molar-refractivity contribution < 1.29 is 18.3 Å². The molecule has 0 atom stereocenters. The lowest BCUT2D eigenvalue weighted by Crippen LogP contribution is -2.18. The summed E-state index contributed by atoms with van der Waals surface area (Å²) >= 11 is 0. The molecule has 0 aliphatic rings. The summed E-state index contributed by atoms with van der Waals surface area (Å²) in [4.78, 5) is 12.8. The van der Waals surface area contributed by atoms with Gasteiger partial charge in [-0.3, -0.25) is 9.48 Å². The average Bonchev–Trinajstić information content (AvgIpc) is 3.26. The van der Waals surface area contributed by atoms with Gasteiger partial charge in [-0.15, -0.1) is 0 Å². The maximum atomic E-state index is 13.4. The van der Waals surface area contributed by atoms with Gasteiger partial charge in [0.1, 0.15) is 22.9 Å². The molecular weight excluding hydrogens is 397 g/mol. The molecule has 1 N–H and O–H groups in total. The topological polar surface area (TPSA) is 69.3 Å². The molecule has 0 aliphatic heterocycles. The summed E-state index contributed by atoms with van der Waals surface area (Å²) in [5.74, 6) is 0.327. The number of benzene rings is 2. The third kappa shape index (κ3) is 3.79. The van der Waals surface area contributed by atoms with E-state index in [1.54, 1.807) is 23.9 Å². The molecule has 0 bridgehead atoms. The van der Waals surface area contributed by atoms with Crippen LogP contribution in [-0.4, -0.2) is 28.8 Å². The number of aryl methyl sites for hydroxylation is 2. The standard InChI is InChI=1S/C24H24FN3O3/c1-13(2)30-20-12-18-21(11-17(20)19-10-14(3)28(5)27-19)31-23(22(18)24(29)26-4)15-6-8-16(25)9-7-15/h6-13H,1-5H3,(H,26,29). The number of carbonyl (C=O) groups is 1. The Labute approximate surface area is 179 Å². The van der Waals surface area contributed by atoms with E-state index in [0.717, 1.165) is 17.0 Å². The monoisotopic (exact) mass is 421 g/mol. The first-order valence-corrected chi connectivity index (χ1v) is 10.0. The molecule has 7 heteroatoms. The fourth-order valence-corrected chi connectivity index (χ4v) is 3.52. The van der Waals surface area contributed by atoms with Gasteiger partial charge in [0, 0.05) is 36.3 Å². The second-order valence-corrected chi connectivity index (χ2v) is 7.70. The van der Waals surface area contributed by atoms with Gasteiger partial charge in [-0.1, -0.05) is 0 Å².